The van der Waals surface area contributed by atoms with Gasteiger partial charge < -0.3 is 10.6 Å². The number of rotatable bonds is 5. The zero-order chi connectivity index (χ0) is 15.2. The van der Waals surface area contributed by atoms with E-state index in [0.717, 1.165) is 5.56 Å². The lowest BCUT2D eigenvalue weighted by molar-refractivity contribution is -0.119. The van der Waals surface area contributed by atoms with Crippen molar-refractivity contribution in [2.45, 2.75) is 6.54 Å². The first-order valence-electron chi connectivity index (χ1n) is 6.25. The predicted molar refractivity (Wildman–Crippen MR) is 88.3 cm³/mol. The van der Waals surface area contributed by atoms with Crippen LogP contribution in [0.2, 0.25) is 15.1 Å². The average molecular weight is 344 g/mol. The molecule has 0 heterocycles. The van der Waals surface area contributed by atoms with Gasteiger partial charge in [0.05, 0.1) is 22.3 Å². The Kier molecular flexibility index (Phi) is 5.74. The highest BCUT2D eigenvalue weighted by molar-refractivity contribution is 6.41. The Hall–Kier alpha value is -1.42. The van der Waals surface area contributed by atoms with E-state index in [-0.39, 0.29) is 12.5 Å². The minimum Gasteiger partial charge on any atom is -0.374 e. The maximum atomic E-state index is 11.8. The van der Waals surface area contributed by atoms with Gasteiger partial charge in [-0.2, -0.15) is 0 Å². The molecule has 3 nitrogen and oxygen atoms in total. The molecule has 2 N–H and O–H groups in total. The second-order valence-electron chi connectivity index (χ2n) is 4.36. The van der Waals surface area contributed by atoms with Crippen molar-refractivity contribution in [3.8, 4) is 0 Å². The van der Waals surface area contributed by atoms with Gasteiger partial charge in [0.1, 0.15) is 0 Å². The summed E-state index contributed by atoms with van der Waals surface area (Å²) in [6, 6.07) is 12.8. The Morgan fingerprint density at radius 3 is 2.24 bits per heavy atom. The molecule has 0 atom stereocenters. The number of anilines is 1. The summed E-state index contributed by atoms with van der Waals surface area (Å²) < 4.78 is 0. The second kappa shape index (κ2) is 7.55. The Balaban J connectivity index is 1.87. The molecule has 0 aliphatic heterocycles. The van der Waals surface area contributed by atoms with E-state index in [0.29, 0.717) is 27.3 Å². The average Bonchev–Trinajstić information content (AvgIpc) is 2.45. The minimum atomic E-state index is -0.152. The van der Waals surface area contributed by atoms with Crippen LogP contribution >= 0.6 is 34.8 Å². The van der Waals surface area contributed by atoms with Crippen LogP contribution in [0.5, 0.6) is 0 Å². The third kappa shape index (κ3) is 4.81. The molecule has 0 spiro atoms. The van der Waals surface area contributed by atoms with Crippen molar-refractivity contribution in [3.63, 3.8) is 0 Å². The summed E-state index contributed by atoms with van der Waals surface area (Å²) in [7, 11) is 0. The van der Waals surface area contributed by atoms with E-state index >= 15 is 0 Å². The van der Waals surface area contributed by atoms with Crippen LogP contribution in [0.25, 0.3) is 0 Å². The van der Waals surface area contributed by atoms with Gasteiger partial charge >= 0.3 is 0 Å². The van der Waals surface area contributed by atoms with Crippen molar-refractivity contribution in [1.82, 2.24) is 5.32 Å². The maximum absolute atomic E-state index is 11.8. The summed E-state index contributed by atoms with van der Waals surface area (Å²) in [6.07, 6.45) is 0. The van der Waals surface area contributed by atoms with Crippen LogP contribution in [0.4, 0.5) is 5.69 Å². The van der Waals surface area contributed by atoms with Crippen LogP contribution in [-0.4, -0.2) is 12.5 Å². The van der Waals surface area contributed by atoms with E-state index in [2.05, 4.69) is 10.6 Å². The molecule has 0 saturated carbocycles. The van der Waals surface area contributed by atoms with Crippen LogP contribution in [0.1, 0.15) is 5.56 Å². The third-order valence-corrected chi connectivity index (χ3v) is 3.58. The van der Waals surface area contributed by atoms with Gasteiger partial charge in [0.2, 0.25) is 5.91 Å². The molecule has 1 amide bonds. The number of hydrogen-bond donors (Lipinski definition) is 2. The number of carbonyl (C=O) groups excluding carboxylic acids is 1. The molecule has 0 saturated heterocycles. The number of benzene rings is 2. The summed E-state index contributed by atoms with van der Waals surface area (Å²) in [5, 5.41) is 6.92. The van der Waals surface area contributed by atoms with Gasteiger partial charge in [-0.25, -0.2) is 0 Å². The SMILES string of the molecule is O=C(CNc1c(Cl)cc(Cl)cc1Cl)NCc1ccccc1. The van der Waals surface area contributed by atoms with E-state index < -0.39 is 0 Å². The van der Waals surface area contributed by atoms with Crippen molar-refractivity contribution in [1.29, 1.82) is 0 Å². The summed E-state index contributed by atoms with van der Waals surface area (Å²) in [6.45, 7) is 0.553. The van der Waals surface area contributed by atoms with E-state index in [1.54, 1.807) is 12.1 Å². The first kappa shape index (κ1) is 16.0. The first-order valence-corrected chi connectivity index (χ1v) is 7.38. The molecule has 0 bridgehead atoms. The van der Waals surface area contributed by atoms with Gasteiger partial charge in [-0.05, 0) is 17.7 Å². The van der Waals surface area contributed by atoms with Crippen molar-refractivity contribution in [2.75, 3.05) is 11.9 Å². The molecule has 2 aromatic rings. The fraction of sp³-hybridized carbons (Fsp3) is 0.133. The second-order valence-corrected chi connectivity index (χ2v) is 5.61. The molecule has 0 fully saturated rings. The molecular formula is C15H13Cl3N2O. The molecule has 0 aromatic heterocycles. The lowest BCUT2D eigenvalue weighted by Gasteiger charge is -2.11. The molecule has 6 heteroatoms. The fourth-order valence-electron chi connectivity index (χ4n) is 1.74. The molecule has 21 heavy (non-hydrogen) atoms. The smallest absolute Gasteiger partial charge is 0.239 e. The van der Waals surface area contributed by atoms with Crippen molar-refractivity contribution >= 4 is 46.4 Å². The van der Waals surface area contributed by atoms with Gasteiger partial charge in [0.15, 0.2) is 0 Å². The Bertz CT molecular complexity index is 609. The largest absolute Gasteiger partial charge is 0.374 e. The molecule has 0 aliphatic rings. The predicted octanol–water partition coefficient (Wildman–Crippen LogP) is 4.38. The Labute approximate surface area is 138 Å². The van der Waals surface area contributed by atoms with Gasteiger partial charge in [-0.1, -0.05) is 65.1 Å². The van der Waals surface area contributed by atoms with E-state index in [1.807, 2.05) is 30.3 Å². The van der Waals surface area contributed by atoms with Crippen LogP contribution < -0.4 is 10.6 Å². The Morgan fingerprint density at radius 1 is 1.00 bits per heavy atom. The molecule has 0 radical (unpaired) electrons. The quantitative estimate of drug-likeness (QED) is 0.846. The molecule has 2 aromatic carbocycles. The lowest BCUT2D eigenvalue weighted by atomic mass is 10.2. The van der Waals surface area contributed by atoms with Crippen molar-refractivity contribution in [3.05, 3.63) is 63.1 Å². The third-order valence-electron chi connectivity index (χ3n) is 2.77. The number of nitrogens with one attached hydrogen (secondary N) is 2. The molecular weight excluding hydrogens is 331 g/mol. The lowest BCUT2D eigenvalue weighted by Crippen LogP contribution is -2.29. The number of amides is 1. The van der Waals surface area contributed by atoms with E-state index in [9.17, 15) is 4.79 Å². The topological polar surface area (TPSA) is 41.1 Å². The Morgan fingerprint density at radius 2 is 1.62 bits per heavy atom. The van der Waals surface area contributed by atoms with E-state index in [4.69, 9.17) is 34.8 Å². The summed E-state index contributed by atoms with van der Waals surface area (Å²) in [4.78, 5) is 11.8. The van der Waals surface area contributed by atoms with Gasteiger partial charge in [0, 0.05) is 11.6 Å². The molecule has 2 rings (SSSR count). The highest BCUT2D eigenvalue weighted by atomic mass is 35.5. The maximum Gasteiger partial charge on any atom is 0.239 e. The van der Waals surface area contributed by atoms with Crippen LogP contribution in [0.15, 0.2) is 42.5 Å². The van der Waals surface area contributed by atoms with Gasteiger partial charge in [0.25, 0.3) is 0 Å². The number of carbonyl (C=O) groups is 1. The molecule has 0 unspecified atom stereocenters. The van der Waals surface area contributed by atoms with Crippen LogP contribution in [0.3, 0.4) is 0 Å². The number of hydrogen-bond acceptors (Lipinski definition) is 2. The highest BCUT2D eigenvalue weighted by Gasteiger charge is 2.09. The zero-order valence-corrected chi connectivity index (χ0v) is 13.3. The molecule has 0 aliphatic carbocycles. The summed E-state index contributed by atoms with van der Waals surface area (Å²) in [5.41, 5.74) is 1.53. The monoisotopic (exact) mass is 342 g/mol. The van der Waals surface area contributed by atoms with Crippen LogP contribution in [-0.2, 0) is 11.3 Å². The highest BCUT2D eigenvalue weighted by Crippen LogP contribution is 2.33. The minimum absolute atomic E-state index is 0.0773. The first-order chi connectivity index (χ1) is 10.1. The van der Waals surface area contributed by atoms with Gasteiger partial charge in [-0.15, -0.1) is 0 Å². The number of halogens is 3. The van der Waals surface area contributed by atoms with Crippen molar-refractivity contribution in [2.24, 2.45) is 0 Å². The fourth-order valence-corrected chi connectivity index (χ4v) is 2.69. The standard InChI is InChI=1S/C15H13Cl3N2O/c16-11-6-12(17)15(13(18)7-11)20-9-14(21)19-8-10-4-2-1-3-5-10/h1-7,20H,8-9H2,(H,19,21). The summed E-state index contributed by atoms with van der Waals surface area (Å²) >= 11 is 17.9. The van der Waals surface area contributed by atoms with Crippen molar-refractivity contribution < 1.29 is 4.79 Å². The normalized spacial score (nSPS) is 10.2. The van der Waals surface area contributed by atoms with Gasteiger partial charge in [-0.3, -0.25) is 4.79 Å². The van der Waals surface area contributed by atoms with E-state index in [1.165, 1.54) is 0 Å². The summed E-state index contributed by atoms with van der Waals surface area (Å²) in [5.74, 6) is -0.152. The zero-order valence-electron chi connectivity index (χ0n) is 11.0. The van der Waals surface area contributed by atoms with Crippen LogP contribution in [0, 0.1) is 0 Å². The molecule has 110 valence electrons.